The third-order valence-corrected chi connectivity index (χ3v) is 4.44. The summed E-state index contributed by atoms with van der Waals surface area (Å²) in [6.07, 6.45) is 6.73. The van der Waals surface area contributed by atoms with E-state index in [9.17, 15) is 0 Å². The summed E-state index contributed by atoms with van der Waals surface area (Å²) in [5.74, 6) is 2.53. The molecule has 3 rings (SSSR count). The molecule has 0 radical (unpaired) electrons. The van der Waals surface area contributed by atoms with E-state index in [0.717, 1.165) is 36.2 Å². The second-order valence-corrected chi connectivity index (χ2v) is 6.08. The van der Waals surface area contributed by atoms with Crippen molar-refractivity contribution in [3.05, 3.63) is 36.5 Å². The molecule has 0 saturated carbocycles. The van der Waals surface area contributed by atoms with Crippen LogP contribution in [0.2, 0.25) is 0 Å². The monoisotopic (exact) mass is 326 g/mol. The van der Waals surface area contributed by atoms with Crippen LogP contribution in [0, 0.1) is 0 Å². The van der Waals surface area contributed by atoms with Crippen LogP contribution < -0.4 is 15.0 Å². The van der Waals surface area contributed by atoms with Crippen molar-refractivity contribution in [3.63, 3.8) is 0 Å². The van der Waals surface area contributed by atoms with Crippen LogP contribution in [0.5, 0.6) is 5.75 Å². The van der Waals surface area contributed by atoms with Crippen molar-refractivity contribution >= 4 is 17.5 Å². The number of aromatic nitrogens is 2. The van der Waals surface area contributed by atoms with Crippen molar-refractivity contribution in [1.29, 1.82) is 0 Å². The van der Waals surface area contributed by atoms with Crippen LogP contribution in [-0.4, -0.2) is 29.2 Å². The summed E-state index contributed by atoms with van der Waals surface area (Å²) in [6, 6.07) is 10.4. The Morgan fingerprint density at radius 1 is 1.17 bits per heavy atom. The van der Waals surface area contributed by atoms with Crippen LogP contribution >= 0.6 is 0 Å². The molecule has 24 heavy (non-hydrogen) atoms. The highest BCUT2D eigenvalue weighted by atomic mass is 16.5. The van der Waals surface area contributed by atoms with Crippen LogP contribution in [0.3, 0.4) is 0 Å². The second kappa shape index (κ2) is 7.99. The van der Waals surface area contributed by atoms with Gasteiger partial charge in [0.1, 0.15) is 11.6 Å². The van der Waals surface area contributed by atoms with Gasteiger partial charge >= 0.3 is 0 Å². The Balaban J connectivity index is 1.72. The molecule has 0 bridgehead atoms. The Labute approximate surface area is 144 Å². The lowest BCUT2D eigenvalue weighted by Crippen LogP contribution is -2.40. The first-order valence-corrected chi connectivity index (χ1v) is 8.89. The lowest BCUT2D eigenvalue weighted by atomic mass is 10.0. The summed E-state index contributed by atoms with van der Waals surface area (Å²) >= 11 is 0. The average molecular weight is 326 g/mol. The summed E-state index contributed by atoms with van der Waals surface area (Å²) in [7, 11) is 0. The predicted octanol–water partition coefficient (Wildman–Crippen LogP) is 4.39. The van der Waals surface area contributed by atoms with Crippen molar-refractivity contribution in [3.8, 4) is 5.75 Å². The first-order chi connectivity index (χ1) is 11.8. The van der Waals surface area contributed by atoms with Gasteiger partial charge in [-0.05, 0) is 62.9 Å². The SMILES string of the molecule is CCOc1ccc(Nc2ccnc(N3CCCCC3CC)n2)cc1. The van der Waals surface area contributed by atoms with Gasteiger partial charge in [0.2, 0.25) is 5.95 Å². The third kappa shape index (κ3) is 3.96. The van der Waals surface area contributed by atoms with Gasteiger partial charge in [-0.25, -0.2) is 4.98 Å². The van der Waals surface area contributed by atoms with E-state index >= 15 is 0 Å². The predicted molar refractivity (Wildman–Crippen MR) is 98.2 cm³/mol. The van der Waals surface area contributed by atoms with Crippen molar-refractivity contribution in [2.75, 3.05) is 23.4 Å². The maximum Gasteiger partial charge on any atom is 0.227 e. The van der Waals surface area contributed by atoms with E-state index < -0.39 is 0 Å². The van der Waals surface area contributed by atoms with Gasteiger partial charge in [-0.2, -0.15) is 4.98 Å². The summed E-state index contributed by atoms with van der Waals surface area (Å²) in [6.45, 7) is 5.95. The maximum absolute atomic E-state index is 5.47. The largest absolute Gasteiger partial charge is 0.494 e. The van der Waals surface area contributed by atoms with Gasteiger partial charge in [0.05, 0.1) is 6.61 Å². The van der Waals surface area contributed by atoms with E-state index in [1.165, 1.54) is 19.3 Å². The first-order valence-electron chi connectivity index (χ1n) is 8.89. The molecule has 1 aliphatic rings. The van der Waals surface area contributed by atoms with E-state index in [0.29, 0.717) is 12.6 Å². The lowest BCUT2D eigenvalue weighted by molar-refractivity contribution is 0.340. The molecule has 2 heterocycles. The van der Waals surface area contributed by atoms with Crippen LogP contribution in [0.1, 0.15) is 39.5 Å². The summed E-state index contributed by atoms with van der Waals surface area (Å²) in [4.78, 5) is 11.6. The van der Waals surface area contributed by atoms with E-state index in [4.69, 9.17) is 9.72 Å². The van der Waals surface area contributed by atoms with Crippen LogP contribution in [-0.2, 0) is 0 Å². The average Bonchev–Trinajstić information content (AvgIpc) is 2.64. The van der Waals surface area contributed by atoms with Crippen molar-refractivity contribution in [2.45, 2.75) is 45.6 Å². The number of nitrogens with zero attached hydrogens (tertiary/aromatic N) is 3. The molecule has 0 amide bonds. The summed E-state index contributed by atoms with van der Waals surface area (Å²) in [5, 5.41) is 3.35. The highest BCUT2D eigenvalue weighted by molar-refractivity contribution is 5.58. The number of hydrogen-bond acceptors (Lipinski definition) is 5. The maximum atomic E-state index is 5.47. The van der Waals surface area contributed by atoms with Gasteiger partial charge in [0.25, 0.3) is 0 Å². The summed E-state index contributed by atoms with van der Waals surface area (Å²) in [5.41, 5.74) is 0.994. The third-order valence-electron chi connectivity index (χ3n) is 4.44. The van der Waals surface area contributed by atoms with Crippen molar-refractivity contribution in [1.82, 2.24) is 9.97 Å². The highest BCUT2D eigenvalue weighted by Gasteiger charge is 2.23. The minimum Gasteiger partial charge on any atom is -0.494 e. The molecule has 128 valence electrons. The van der Waals surface area contributed by atoms with Crippen molar-refractivity contribution in [2.24, 2.45) is 0 Å². The van der Waals surface area contributed by atoms with E-state index in [1.807, 2.05) is 43.5 Å². The molecule has 0 aliphatic carbocycles. The molecule has 2 aromatic rings. The molecular formula is C19H26N4O. The number of rotatable bonds is 6. The fraction of sp³-hybridized carbons (Fsp3) is 0.474. The minimum absolute atomic E-state index is 0.555. The highest BCUT2D eigenvalue weighted by Crippen LogP contribution is 2.25. The molecule has 1 unspecified atom stereocenters. The zero-order valence-corrected chi connectivity index (χ0v) is 14.5. The molecule has 1 fully saturated rings. The Morgan fingerprint density at radius 3 is 2.75 bits per heavy atom. The number of benzene rings is 1. The van der Waals surface area contributed by atoms with Gasteiger partial charge in [-0.1, -0.05) is 6.92 Å². The molecule has 0 spiro atoms. The van der Waals surface area contributed by atoms with Gasteiger partial charge in [0.15, 0.2) is 0 Å². The molecule has 1 aromatic carbocycles. The number of ether oxygens (including phenoxy) is 1. The minimum atomic E-state index is 0.555. The molecule has 1 aliphatic heterocycles. The smallest absolute Gasteiger partial charge is 0.227 e. The fourth-order valence-corrected chi connectivity index (χ4v) is 3.19. The van der Waals surface area contributed by atoms with Gasteiger partial charge in [-0.3, -0.25) is 0 Å². The Bertz CT molecular complexity index is 644. The second-order valence-electron chi connectivity index (χ2n) is 6.08. The van der Waals surface area contributed by atoms with Crippen LogP contribution in [0.25, 0.3) is 0 Å². The normalized spacial score (nSPS) is 17.6. The van der Waals surface area contributed by atoms with Gasteiger partial charge < -0.3 is 15.0 Å². The number of nitrogens with one attached hydrogen (secondary N) is 1. The van der Waals surface area contributed by atoms with Crippen LogP contribution in [0.15, 0.2) is 36.5 Å². The molecule has 1 atom stereocenters. The topological polar surface area (TPSA) is 50.3 Å². The molecule has 5 nitrogen and oxygen atoms in total. The van der Waals surface area contributed by atoms with Gasteiger partial charge in [-0.15, -0.1) is 0 Å². The number of piperidine rings is 1. The van der Waals surface area contributed by atoms with Crippen molar-refractivity contribution < 1.29 is 4.74 Å². The van der Waals surface area contributed by atoms with Crippen LogP contribution in [0.4, 0.5) is 17.5 Å². The standard InChI is InChI=1S/C19H26N4O/c1-3-16-7-5-6-14-23(16)19-20-13-12-18(22-19)21-15-8-10-17(11-9-15)24-4-2/h8-13,16H,3-7,14H2,1-2H3,(H,20,21,22). The summed E-state index contributed by atoms with van der Waals surface area (Å²) < 4.78 is 5.47. The quantitative estimate of drug-likeness (QED) is 0.853. The molecule has 1 saturated heterocycles. The fourth-order valence-electron chi connectivity index (χ4n) is 3.19. The Kier molecular flexibility index (Phi) is 5.51. The zero-order valence-electron chi connectivity index (χ0n) is 14.5. The number of anilines is 3. The zero-order chi connectivity index (χ0) is 16.8. The Hall–Kier alpha value is -2.30. The first kappa shape index (κ1) is 16.6. The molecule has 1 N–H and O–H groups in total. The van der Waals surface area contributed by atoms with Gasteiger partial charge in [0, 0.05) is 24.5 Å². The Morgan fingerprint density at radius 2 is 2.00 bits per heavy atom. The molecule has 1 aromatic heterocycles. The number of hydrogen-bond donors (Lipinski definition) is 1. The lowest BCUT2D eigenvalue weighted by Gasteiger charge is -2.35. The van der Waals surface area contributed by atoms with E-state index in [-0.39, 0.29) is 0 Å². The molecular weight excluding hydrogens is 300 g/mol. The van der Waals surface area contributed by atoms with E-state index in [2.05, 4.69) is 22.1 Å². The molecule has 5 heteroatoms. The van der Waals surface area contributed by atoms with E-state index in [1.54, 1.807) is 0 Å².